The predicted molar refractivity (Wildman–Crippen MR) is 108 cm³/mol. The minimum Gasteiger partial charge on any atom is -0.497 e. The zero-order chi connectivity index (χ0) is 19.1. The Morgan fingerprint density at radius 3 is 2.70 bits per heavy atom. The molecule has 0 spiro atoms. The van der Waals surface area contributed by atoms with E-state index in [9.17, 15) is 4.79 Å². The summed E-state index contributed by atoms with van der Waals surface area (Å²) in [5, 5.41) is 9.58. The Morgan fingerprint density at radius 1 is 1.19 bits per heavy atom. The highest BCUT2D eigenvalue weighted by Crippen LogP contribution is 2.31. The maximum Gasteiger partial charge on any atom is 0.225 e. The van der Waals surface area contributed by atoms with E-state index in [1.165, 1.54) is 0 Å². The third-order valence-electron chi connectivity index (χ3n) is 4.55. The fourth-order valence-corrected chi connectivity index (χ4v) is 3.15. The second-order valence-corrected chi connectivity index (χ2v) is 6.46. The summed E-state index contributed by atoms with van der Waals surface area (Å²) < 4.78 is 5.18. The largest absolute Gasteiger partial charge is 0.497 e. The highest BCUT2D eigenvalue weighted by molar-refractivity contribution is 5.94. The van der Waals surface area contributed by atoms with E-state index in [2.05, 4.69) is 27.0 Å². The number of carbonyl (C=O) groups is 1. The van der Waals surface area contributed by atoms with E-state index in [1.807, 2.05) is 49.4 Å². The molecule has 1 amide bonds. The molecular weight excluding hydrogens is 340 g/mol. The molecule has 6 nitrogen and oxygen atoms in total. The second kappa shape index (κ2) is 9.07. The number of guanidine groups is 1. The van der Waals surface area contributed by atoms with Gasteiger partial charge in [0.1, 0.15) is 5.75 Å². The molecule has 3 N–H and O–H groups in total. The molecule has 3 rings (SSSR count). The van der Waals surface area contributed by atoms with Gasteiger partial charge in [0.2, 0.25) is 5.91 Å². The van der Waals surface area contributed by atoms with Crippen molar-refractivity contribution in [3.05, 3.63) is 59.7 Å². The lowest BCUT2D eigenvalue weighted by Crippen LogP contribution is -2.40. The number of amides is 1. The van der Waals surface area contributed by atoms with Crippen molar-refractivity contribution in [1.29, 1.82) is 0 Å². The van der Waals surface area contributed by atoms with Gasteiger partial charge in [0, 0.05) is 31.1 Å². The van der Waals surface area contributed by atoms with E-state index >= 15 is 0 Å². The lowest BCUT2D eigenvalue weighted by molar-refractivity contribution is -0.116. The van der Waals surface area contributed by atoms with Crippen LogP contribution in [0.4, 0.5) is 5.69 Å². The third-order valence-corrected chi connectivity index (χ3v) is 4.55. The third kappa shape index (κ3) is 5.00. The molecule has 0 fully saturated rings. The number of anilines is 1. The summed E-state index contributed by atoms with van der Waals surface area (Å²) in [5.41, 5.74) is 3.17. The van der Waals surface area contributed by atoms with Crippen LogP contribution in [0, 0.1) is 0 Å². The van der Waals surface area contributed by atoms with Crippen LogP contribution in [-0.2, 0) is 11.3 Å². The van der Waals surface area contributed by atoms with Gasteiger partial charge in [-0.1, -0.05) is 30.3 Å². The van der Waals surface area contributed by atoms with Gasteiger partial charge in [-0.25, -0.2) is 4.99 Å². The predicted octanol–water partition coefficient (Wildman–Crippen LogP) is 2.88. The molecular formula is C21H26N4O2. The van der Waals surface area contributed by atoms with Crippen LogP contribution in [-0.4, -0.2) is 32.1 Å². The molecule has 1 heterocycles. The van der Waals surface area contributed by atoms with Crippen LogP contribution in [0.1, 0.15) is 30.4 Å². The Kier molecular flexibility index (Phi) is 6.30. The van der Waals surface area contributed by atoms with Crippen molar-refractivity contribution in [2.45, 2.75) is 25.8 Å². The standard InChI is InChI=1S/C21H26N4O2/c1-3-22-21(23-13-15-8-10-17(27-2)11-9-15)24-14-16-12-20(26)25-19-7-5-4-6-18(16)19/h4-11,16H,3,12-14H2,1-2H3,(H,25,26)(H2,22,23,24). The molecule has 0 bridgehead atoms. The highest BCUT2D eigenvalue weighted by Gasteiger charge is 2.24. The number of methoxy groups -OCH3 is 1. The number of nitrogens with one attached hydrogen (secondary N) is 3. The first-order chi connectivity index (χ1) is 13.2. The second-order valence-electron chi connectivity index (χ2n) is 6.46. The van der Waals surface area contributed by atoms with E-state index in [4.69, 9.17) is 4.74 Å². The summed E-state index contributed by atoms with van der Waals surface area (Å²) >= 11 is 0. The van der Waals surface area contributed by atoms with Crippen molar-refractivity contribution in [3.63, 3.8) is 0 Å². The van der Waals surface area contributed by atoms with E-state index < -0.39 is 0 Å². The van der Waals surface area contributed by atoms with Gasteiger partial charge in [0.05, 0.1) is 13.7 Å². The summed E-state index contributed by atoms with van der Waals surface area (Å²) in [6.07, 6.45) is 0.474. The van der Waals surface area contributed by atoms with Crippen molar-refractivity contribution in [2.75, 3.05) is 25.5 Å². The molecule has 1 aliphatic heterocycles. The van der Waals surface area contributed by atoms with Crippen molar-refractivity contribution >= 4 is 17.6 Å². The molecule has 1 atom stereocenters. The number of fused-ring (bicyclic) bond motifs is 1. The summed E-state index contributed by atoms with van der Waals surface area (Å²) in [6.45, 7) is 4.03. The molecule has 0 aliphatic carbocycles. The Hall–Kier alpha value is -3.02. The van der Waals surface area contributed by atoms with Crippen LogP contribution in [0.2, 0.25) is 0 Å². The fraction of sp³-hybridized carbons (Fsp3) is 0.333. The Bertz CT molecular complexity index is 802. The summed E-state index contributed by atoms with van der Waals surface area (Å²) in [5.74, 6) is 1.76. The molecule has 0 saturated heterocycles. The van der Waals surface area contributed by atoms with Gasteiger partial charge in [-0.15, -0.1) is 0 Å². The van der Waals surface area contributed by atoms with Gasteiger partial charge in [-0.3, -0.25) is 4.79 Å². The molecule has 1 aliphatic rings. The van der Waals surface area contributed by atoms with Crippen molar-refractivity contribution < 1.29 is 9.53 Å². The van der Waals surface area contributed by atoms with E-state index in [-0.39, 0.29) is 11.8 Å². The molecule has 27 heavy (non-hydrogen) atoms. The van der Waals surface area contributed by atoms with Crippen LogP contribution in [0.15, 0.2) is 53.5 Å². The number of hydrogen-bond donors (Lipinski definition) is 3. The summed E-state index contributed by atoms with van der Waals surface area (Å²) in [6, 6.07) is 15.8. The smallest absolute Gasteiger partial charge is 0.225 e. The highest BCUT2D eigenvalue weighted by atomic mass is 16.5. The van der Waals surface area contributed by atoms with Crippen molar-refractivity contribution in [2.24, 2.45) is 4.99 Å². The molecule has 2 aromatic rings. The maximum absolute atomic E-state index is 12.0. The Balaban J connectivity index is 1.65. The van der Waals surface area contributed by atoms with Gasteiger partial charge in [0.15, 0.2) is 5.96 Å². The minimum atomic E-state index is 0.0562. The Labute approximate surface area is 160 Å². The zero-order valence-corrected chi connectivity index (χ0v) is 15.8. The number of benzene rings is 2. The average Bonchev–Trinajstić information content (AvgIpc) is 2.70. The number of para-hydroxylation sites is 1. The van der Waals surface area contributed by atoms with Gasteiger partial charge in [-0.2, -0.15) is 0 Å². The number of ether oxygens (including phenoxy) is 1. The lowest BCUT2D eigenvalue weighted by atomic mass is 9.90. The normalized spacial score (nSPS) is 16.3. The minimum absolute atomic E-state index is 0.0562. The SMILES string of the molecule is CCNC(=NCc1ccc(OC)cc1)NCC1CC(=O)Nc2ccccc21. The average molecular weight is 366 g/mol. The van der Waals surface area contributed by atoms with Crippen LogP contribution in [0.25, 0.3) is 0 Å². The summed E-state index contributed by atoms with van der Waals surface area (Å²) in [4.78, 5) is 16.6. The van der Waals surface area contributed by atoms with Crippen LogP contribution in [0.5, 0.6) is 5.75 Å². The topological polar surface area (TPSA) is 74.8 Å². The maximum atomic E-state index is 12.0. The van der Waals surface area contributed by atoms with Gasteiger partial charge >= 0.3 is 0 Å². The number of aliphatic imine (C=N–C) groups is 1. The Morgan fingerprint density at radius 2 is 1.96 bits per heavy atom. The van der Waals surface area contributed by atoms with Crippen LogP contribution in [0.3, 0.4) is 0 Å². The molecule has 142 valence electrons. The quantitative estimate of drug-likeness (QED) is 0.543. The van der Waals surface area contributed by atoms with Gasteiger partial charge < -0.3 is 20.7 Å². The first-order valence-corrected chi connectivity index (χ1v) is 9.23. The fourth-order valence-electron chi connectivity index (χ4n) is 3.15. The number of carbonyl (C=O) groups excluding carboxylic acids is 1. The van der Waals surface area contributed by atoms with Gasteiger partial charge in [-0.05, 0) is 36.2 Å². The summed E-state index contributed by atoms with van der Waals surface area (Å²) in [7, 11) is 1.66. The van der Waals surface area contributed by atoms with E-state index in [0.29, 0.717) is 19.5 Å². The van der Waals surface area contributed by atoms with Crippen molar-refractivity contribution in [3.8, 4) is 5.75 Å². The molecule has 0 aromatic heterocycles. The van der Waals surface area contributed by atoms with Crippen molar-refractivity contribution in [1.82, 2.24) is 10.6 Å². The molecule has 2 aromatic carbocycles. The zero-order valence-electron chi connectivity index (χ0n) is 15.8. The molecule has 0 radical (unpaired) electrons. The lowest BCUT2D eigenvalue weighted by Gasteiger charge is -2.26. The van der Waals surface area contributed by atoms with Crippen LogP contribution >= 0.6 is 0 Å². The first kappa shape index (κ1) is 18.8. The number of rotatable bonds is 6. The van der Waals surface area contributed by atoms with E-state index in [0.717, 1.165) is 35.1 Å². The number of nitrogens with zero attached hydrogens (tertiary/aromatic N) is 1. The van der Waals surface area contributed by atoms with Gasteiger partial charge in [0.25, 0.3) is 0 Å². The molecule has 1 unspecified atom stereocenters. The first-order valence-electron chi connectivity index (χ1n) is 9.23. The van der Waals surface area contributed by atoms with Crippen LogP contribution < -0.4 is 20.7 Å². The molecule has 6 heteroatoms. The van der Waals surface area contributed by atoms with E-state index in [1.54, 1.807) is 7.11 Å². The molecule has 0 saturated carbocycles. The monoisotopic (exact) mass is 366 g/mol. The number of hydrogen-bond acceptors (Lipinski definition) is 3.